The Hall–Kier alpha value is -4.03. The first-order valence-corrected chi connectivity index (χ1v) is 13.1. The van der Waals surface area contributed by atoms with Crippen LogP contribution >= 0.6 is 11.8 Å². The highest BCUT2D eigenvalue weighted by Crippen LogP contribution is 2.35. The van der Waals surface area contributed by atoms with Crippen molar-refractivity contribution in [2.75, 3.05) is 13.2 Å². The van der Waals surface area contributed by atoms with Crippen molar-refractivity contribution >= 4 is 39.8 Å². The molecule has 37 heavy (non-hydrogen) atoms. The zero-order chi connectivity index (χ0) is 25.6. The minimum Gasteiger partial charge on any atom is -0.490 e. The van der Waals surface area contributed by atoms with Crippen LogP contribution in [0, 0.1) is 0 Å². The Bertz CT molecular complexity index is 1460. The molecule has 4 aromatic carbocycles. The molecule has 0 aromatic heterocycles. The number of hydrogen-bond acceptors (Lipinski definition) is 5. The van der Waals surface area contributed by atoms with Crippen molar-refractivity contribution < 1.29 is 19.1 Å². The van der Waals surface area contributed by atoms with Gasteiger partial charge in [0.15, 0.2) is 11.5 Å². The standard InChI is InChI=1S/C31H27NO4S/c1-2-35-28-19-23(15-16-27(28)36-21-25-13-8-12-24-11-6-7-14-26(24)25)20-29-30(33)32(31(34)37-29)18-17-22-9-4-3-5-10-22/h3-16,19-20H,2,17-18,21H2,1H3/b29-20-. The molecule has 0 atom stereocenters. The van der Waals surface area contributed by atoms with E-state index in [1.165, 1.54) is 10.3 Å². The first-order chi connectivity index (χ1) is 18.1. The molecule has 5 rings (SSSR count). The molecule has 0 spiro atoms. The van der Waals surface area contributed by atoms with Gasteiger partial charge in [0, 0.05) is 6.54 Å². The van der Waals surface area contributed by atoms with Gasteiger partial charge < -0.3 is 9.47 Å². The van der Waals surface area contributed by atoms with Crippen molar-refractivity contribution in [2.24, 2.45) is 0 Å². The summed E-state index contributed by atoms with van der Waals surface area (Å²) in [6.45, 7) is 3.15. The third-order valence-corrected chi connectivity index (χ3v) is 7.08. The molecule has 0 saturated carbocycles. The summed E-state index contributed by atoms with van der Waals surface area (Å²) in [5, 5.41) is 2.08. The fourth-order valence-electron chi connectivity index (χ4n) is 4.31. The highest BCUT2D eigenvalue weighted by atomic mass is 32.2. The second-order valence-corrected chi connectivity index (χ2v) is 9.63. The summed E-state index contributed by atoms with van der Waals surface area (Å²) in [5.41, 5.74) is 2.95. The maximum absolute atomic E-state index is 12.9. The third-order valence-electron chi connectivity index (χ3n) is 6.17. The van der Waals surface area contributed by atoms with Crippen molar-refractivity contribution in [1.82, 2.24) is 4.90 Å². The number of ether oxygens (including phenoxy) is 2. The van der Waals surface area contributed by atoms with Crippen LogP contribution in [0.1, 0.15) is 23.6 Å². The lowest BCUT2D eigenvalue weighted by atomic mass is 10.1. The molecule has 0 N–H and O–H groups in total. The lowest BCUT2D eigenvalue weighted by Crippen LogP contribution is -2.30. The van der Waals surface area contributed by atoms with Gasteiger partial charge in [-0.25, -0.2) is 0 Å². The largest absolute Gasteiger partial charge is 0.490 e. The number of nitrogens with zero attached hydrogens (tertiary/aromatic N) is 1. The number of benzene rings is 4. The van der Waals surface area contributed by atoms with E-state index < -0.39 is 0 Å². The molecule has 1 aliphatic heterocycles. The molecular formula is C31H27NO4S. The summed E-state index contributed by atoms with van der Waals surface area (Å²) in [5.74, 6) is 0.961. The van der Waals surface area contributed by atoms with Crippen LogP contribution in [0.3, 0.4) is 0 Å². The molecule has 0 radical (unpaired) electrons. The molecule has 0 bridgehead atoms. The number of fused-ring (bicyclic) bond motifs is 1. The van der Waals surface area contributed by atoms with E-state index in [-0.39, 0.29) is 11.1 Å². The average molecular weight is 510 g/mol. The van der Waals surface area contributed by atoms with Gasteiger partial charge in [0.2, 0.25) is 0 Å². The molecule has 1 saturated heterocycles. The summed E-state index contributed by atoms with van der Waals surface area (Å²) in [4.78, 5) is 27.2. The Morgan fingerprint density at radius 1 is 0.838 bits per heavy atom. The fraction of sp³-hybridized carbons (Fsp3) is 0.161. The molecule has 1 fully saturated rings. The van der Waals surface area contributed by atoms with Crippen molar-refractivity contribution in [3.05, 3.63) is 113 Å². The summed E-state index contributed by atoms with van der Waals surface area (Å²) < 4.78 is 12.0. The van der Waals surface area contributed by atoms with Gasteiger partial charge in [-0.2, -0.15) is 0 Å². The Morgan fingerprint density at radius 2 is 1.62 bits per heavy atom. The van der Waals surface area contributed by atoms with E-state index in [0.717, 1.165) is 33.8 Å². The molecule has 1 aliphatic rings. The molecular weight excluding hydrogens is 482 g/mol. The Labute approximate surface area is 220 Å². The van der Waals surface area contributed by atoms with Gasteiger partial charge >= 0.3 is 0 Å². The van der Waals surface area contributed by atoms with Crippen molar-refractivity contribution in [3.63, 3.8) is 0 Å². The van der Waals surface area contributed by atoms with Crippen molar-refractivity contribution in [2.45, 2.75) is 20.0 Å². The molecule has 186 valence electrons. The van der Waals surface area contributed by atoms with Crippen LogP contribution in [-0.4, -0.2) is 29.2 Å². The van der Waals surface area contributed by atoms with E-state index >= 15 is 0 Å². The zero-order valence-electron chi connectivity index (χ0n) is 20.6. The number of thioether (sulfide) groups is 1. The number of amides is 2. The van der Waals surface area contributed by atoms with Gasteiger partial charge in [0.1, 0.15) is 6.61 Å². The van der Waals surface area contributed by atoms with Gasteiger partial charge in [-0.05, 0) is 70.8 Å². The summed E-state index contributed by atoms with van der Waals surface area (Å²) >= 11 is 0.970. The van der Waals surface area contributed by atoms with Crippen LogP contribution < -0.4 is 9.47 Å². The maximum atomic E-state index is 12.9. The van der Waals surface area contributed by atoms with Gasteiger partial charge in [-0.1, -0.05) is 78.9 Å². The van der Waals surface area contributed by atoms with Crippen molar-refractivity contribution in [1.29, 1.82) is 0 Å². The van der Waals surface area contributed by atoms with Crippen LogP contribution in [0.4, 0.5) is 4.79 Å². The molecule has 6 heteroatoms. The van der Waals surface area contributed by atoms with E-state index in [4.69, 9.17) is 9.47 Å². The normalized spacial score (nSPS) is 14.5. The zero-order valence-corrected chi connectivity index (χ0v) is 21.4. The molecule has 2 amide bonds. The minimum atomic E-state index is -0.264. The Morgan fingerprint density at radius 3 is 2.46 bits per heavy atom. The molecule has 0 aliphatic carbocycles. The summed E-state index contributed by atoms with van der Waals surface area (Å²) in [6.07, 6.45) is 2.37. The minimum absolute atomic E-state index is 0.243. The predicted octanol–water partition coefficient (Wildman–Crippen LogP) is 7.10. The van der Waals surface area contributed by atoms with E-state index in [1.807, 2.05) is 73.7 Å². The van der Waals surface area contributed by atoms with E-state index in [9.17, 15) is 9.59 Å². The van der Waals surface area contributed by atoms with Crippen LogP contribution in [0.25, 0.3) is 16.8 Å². The van der Waals surface area contributed by atoms with Crippen LogP contribution in [0.15, 0.2) is 95.9 Å². The smallest absolute Gasteiger partial charge is 0.293 e. The second kappa shape index (κ2) is 11.4. The van der Waals surface area contributed by atoms with Crippen LogP contribution in [0.5, 0.6) is 11.5 Å². The van der Waals surface area contributed by atoms with Gasteiger partial charge in [0.05, 0.1) is 11.5 Å². The first kappa shape index (κ1) is 24.7. The SMILES string of the molecule is CCOc1cc(/C=C2\SC(=O)N(CCc3ccccc3)C2=O)ccc1OCc1cccc2ccccc12. The lowest BCUT2D eigenvalue weighted by Gasteiger charge is -2.14. The van der Waals surface area contributed by atoms with Gasteiger partial charge in [0.25, 0.3) is 11.1 Å². The first-order valence-electron chi connectivity index (χ1n) is 12.3. The summed E-state index contributed by atoms with van der Waals surface area (Å²) in [6, 6.07) is 29.8. The summed E-state index contributed by atoms with van der Waals surface area (Å²) in [7, 11) is 0. The third kappa shape index (κ3) is 5.70. The molecule has 4 aromatic rings. The number of hydrogen-bond donors (Lipinski definition) is 0. The van der Waals surface area contributed by atoms with Crippen LogP contribution in [0.2, 0.25) is 0 Å². The number of carbonyl (C=O) groups is 2. The van der Waals surface area contributed by atoms with E-state index in [0.29, 0.717) is 42.6 Å². The Kier molecular flexibility index (Phi) is 7.57. The highest BCUT2D eigenvalue weighted by molar-refractivity contribution is 8.18. The number of carbonyl (C=O) groups excluding carboxylic acids is 2. The predicted molar refractivity (Wildman–Crippen MR) is 149 cm³/mol. The maximum Gasteiger partial charge on any atom is 0.293 e. The number of rotatable bonds is 9. The van der Waals surface area contributed by atoms with Gasteiger partial charge in [-0.15, -0.1) is 0 Å². The van der Waals surface area contributed by atoms with Crippen molar-refractivity contribution in [3.8, 4) is 11.5 Å². The second-order valence-electron chi connectivity index (χ2n) is 8.64. The Balaban J connectivity index is 1.31. The fourth-order valence-corrected chi connectivity index (χ4v) is 5.17. The van der Waals surface area contributed by atoms with Crippen LogP contribution in [-0.2, 0) is 17.8 Å². The van der Waals surface area contributed by atoms with E-state index in [1.54, 1.807) is 6.08 Å². The molecule has 0 unspecified atom stereocenters. The lowest BCUT2D eigenvalue weighted by molar-refractivity contribution is -0.122. The average Bonchev–Trinajstić information content (AvgIpc) is 3.19. The molecule has 1 heterocycles. The quantitative estimate of drug-likeness (QED) is 0.225. The highest BCUT2D eigenvalue weighted by Gasteiger charge is 2.34. The topological polar surface area (TPSA) is 55.8 Å². The van der Waals surface area contributed by atoms with Gasteiger partial charge in [-0.3, -0.25) is 14.5 Å². The molecule has 5 nitrogen and oxygen atoms in total. The monoisotopic (exact) mass is 509 g/mol. The van der Waals surface area contributed by atoms with E-state index in [2.05, 4.69) is 24.3 Å². The number of imide groups is 1.